The Morgan fingerprint density at radius 1 is 1.30 bits per heavy atom. The predicted molar refractivity (Wildman–Crippen MR) is 82.1 cm³/mol. The molecular formula is C15H18FN3O3S. The summed E-state index contributed by atoms with van der Waals surface area (Å²) in [5.41, 5.74) is 0.620. The average Bonchev–Trinajstić information content (AvgIpc) is 3.19. The van der Waals surface area contributed by atoms with Crippen molar-refractivity contribution in [3.63, 3.8) is 0 Å². The van der Waals surface area contributed by atoms with Crippen LogP contribution in [0.25, 0.3) is 11.4 Å². The Morgan fingerprint density at radius 2 is 2.04 bits per heavy atom. The minimum Gasteiger partial charge on any atom is -0.376 e. The first kappa shape index (κ1) is 16.1. The van der Waals surface area contributed by atoms with Gasteiger partial charge in [-0.1, -0.05) is 6.92 Å². The van der Waals surface area contributed by atoms with E-state index in [1.54, 1.807) is 23.6 Å². The Kier molecular flexibility index (Phi) is 4.45. The first-order valence-electron chi connectivity index (χ1n) is 7.55. The number of benzene rings is 1. The van der Waals surface area contributed by atoms with Crippen molar-refractivity contribution in [3.8, 4) is 11.4 Å². The summed E-state index contributed by atoms with van der Waals surface area (Å²) < 4.78 is 44.8. The molecule has 0 spiro atoms. The van der Waals surface area contributed by atoms with Crippen molar-refractivity contribution in [1.82, 2.24) is 14.8 Å². The van der Waals surface area contributed by atoms with E-state index in [2.05, 4.69) is 10.2 Å². The highest BCUT2D eigenvalue weighted by Gasteiger charge is 2.27. The fraction of sp³-hybridized carbons (Fsp3) is 0.467. The number of ether oxygens (including phenoxy) is 1. The quantitative estimate of drug-likeness (QED) is 0.833. The SMILES string of the molecule is CCS(=O)(=O)c1nnc(-c2ccc(F)cc2)n1CC1CCCO1. The lowest BCUT2D eigenvalue weighted by Gasteiger charge is -2.14. The van der Waals surface area contributed by atoms with Crippen LogP contribution in [0.15, 0.2) is 29.4 Å². The van der Waals surface area contributed by atoms with Gasteiger partial charge >= 0.3 is 0 Å². The van der Waals surface area contributed by atoms with Gasteiger partial charge in [-0.05, 0) is 37.1 Å². The van der Waals surface area contributed by atoms with Crippen molar-refractivity contribution in [2.75, 3.05) is 12.4 Å². The van der Waals surface area contributed by atoms with Crippen molar-refractivity contribution in [2.45, 2.75) is 37.6 Å². The van der Waals surface area contributed by atoms with Gasteiger partial charge < -0.3 is 4.74 Å². The summed E-state index contributed by atoms with van der Waals surface area (Å²) in [7, 11) is -3.51. The third-order valence-electron chi connectivity index (χ3n) is 3.89. The second kappa shape index (κ2) is 6.37. The predicted octanol–water partition coefficient (Wildman–Crippen LogP) is 2.06. The van der Waals surface area contributed by atoms with Crippen LogP contribution in [0.3, 0.4) is 0 Å². The van der Waals surface area contributed by atoms with Crippen LogP contribution in [0.4, 0.5) is 4.39 Å². The Balaban J connectivity index is 2.06. The van der Waals surface area contributed by atoms with Crippen molar-refractivity contribution >= 4 is 9.84 Å². The van der Waals surface area contributed by atoms with E-state index in [-0.39, 0.29) is 22.8 Å². The Hall–Kier alpha value is -1.80. The van der Waals surface area contributed by atoms with Crippen molar-refractivity contribution in [1.29, 1.82) is 0 Å². The third-order valence-corrected chi connectivity index (χ3v) is 5.51. The third kappa shape index (κ3) is 3.28. The fourth-order valence-corrected chi connectivity index (χ4v) is 3.54. The summed E-state index contributed by atoms with van der Waals surface area (Å²) >= 11 is 0. The van der Waals surface area contributed by atoms with Gasteiger partial charge in [0.05, 0.1) is 18.4 Å². The summed E-state index contributed by atoms with van der Waals surface area (Å²) in [6, 6.07) is 5.75. The van der Waals surface area contributed by atoms with Gasteiger partial charge in [0.2, 0.25) is 15.0 Å². The van der Waals surface area contributed by atoms with Gasteiger partial charge in [0.15, 0.2) is 5.82 Å². The van der Waals surface area contributed by atoms with E-state index in [0.29, 0.717) is 24.5 Å². The monoisotopic (exact) mass is 339 g/mol. The standard InChI is InChI=1S/C15H18FN3O3S/c1-2-23(20,21)15-18-17-14(11-5-7-12(16)8-6-11)19(15)10-13-4-3-9-22-13/h5-8,13H,2-4,9-10H2,1H3. The van der Waals surface area contributed by atoms with E-state index in [4.69, 9.17) is 4.74 Å². The molecule has 1 aliphatic rings. The molecule has 1 atom stereocenters. The largest absolute Gasteiger partial charge is 0.376 e. The maximum Gasteiger partial charge on any atom is 0.250 e. The molecule has 1 aromatic carbocycles. The van der Waals surface area contributed by atoms with Crippen LogP contribution in [0.1, 0.15) is 19.8 Å². The van der Waals surface area contributed by atoms with E-state index in [9.17, 15) is 12.8 Å². The van der Waals surface area contributed by atoms with Gasteiger partial charge in [0.25, 0.3) is 0 Å². The first-order valence-corrected chi connectivity index (χ1v) is 9.20. The number of nitrogens with zero attached hydrogens (tertiary/aromatic N) is 3. The highest BCUT2D eigenvalue weighted by atomic mass is 32.2. The van der Waals surface area contributed by atoms with Crippen molar-refractivity contribution in [2.24, 2.45) is 0 Å². The molecule has 8 heteroatoms. The van der Waals surface area contributed by atoms with Gasteiger partial charge in [-0.15, -0.1) is 10.2 Å². The van der Waals surface area contributed by atoms with Crippen LogP contribution in [0, 0.1) is 5.82 Å². The molecule has 2 heterocycles. The Labute approximate surface area is 134 Å². The summed E-state index contributed by atoms with van der Waals surface area (Å²) in [4.78, 5) is 0. The second-order valence-electron chi connectivity index (χ2n) is 5.46. The van der Waals surface area contributed by atoms with Gasteiger partial charge in [-0.2, -0.15) is 0 Å². The fourth-order valence-electron chi connectivity index (χ4n) is 2.62. The molecule has 1 unspecified atom stereocenters. The van der Waals surface area contributed by atoms with Gasteiger partial charge in [0.1, 0.15) is 5.82 Å². The molecule has 3 rings (SSSR count). The molecule has 0 saturated carbocycles. The summed E-state index contributed by atoms with van der Waals surface area (Å²) in [5, 5.41) is 7.84. The van der Waals surface area contributed by atoms with E-state index in [1.165, 1.54) is 12.1 Å². The Morgan fingerprint density at radius 3 is 2.65 bits per heavy atom. The minimum absolute atomic E-state index is 0.0555. The maximum absolute atomic E-state index is 13.1. The first-order chi connectivity index (χ1) is 11.0. The van der Waals surface area contributed by atoms with E-state index >= 15 is 0 Å². The smallest absolute Gasteiger partial charge is 0.250 e. The normalized spacial score (nSPS) is 18.4. The second-order valence-corrected chi connectivity index (χ2v) is 7.63. The maximum atomic E-state index is 13.1. The molecule has 1 fully saturated rings. The average molecular weight is 339 g/mol. The molecular weight excluding hydrogens is 321 g/mol. The molecule has 6 nitrogen and oxygen atoms in total. The molecule has 0 aliphatic carbocycles. The molecule has 0 radical (unpaired) electrons. The van der Waals surface area contributed by atoms with E-state index in [1.807, 2.05) is 0 Å². The number of hydrogen-bond acceptors (Lipinski definition) is 5. The lowest BCUT2D eigenvalue weighted by Crippen LogP contribution is -2.20. The van der Waals surface area contributed by atoms with Crippen LogP contribution < -0.4 is 0 Å². The topological polar surface area (TPSA) is 74.1 Å². The van der Waals surface area contributed by atoms with Crippen LogP contribution in [-0.4, -0.2) is 41.6 Å². The molecule has 1 aliphatic heterocycles. The number of rotatable bonds is 5. The molecule has 124 valence electrons. The molecule has 2 aromatic rings. The molecule has 0 N–H and O–H groups in total. The minimum atomic E-state index is -3.51. The summed E-state index contributed by atoms with van der Waals surface area (Å²) in [6.07, 6.45) is 1.76. The lowest BCUT2D eigenvalue weighted by atomic mass is 10.2. The van der Waals surface area contributed by atoms with Crippen LogP contribution in [0.2, 0.25) is 0 Å². The lowest BCUT2D eigenvalue weighted by molar-refractivity contribution is 0.0952. The van der Waals surface area contributed by atoms with Crippen LogP contribution >= 0.6 is 0 Å². The zero-order valence-corrected chi connectivity index (χ0v) is 13.6. The highest BCUT2D eigenvalue weighted by Crippen LogP contribution is 2.24. The van der Waals surface area contributed by atoms with Gasteiger partial charge in [-0.3, -0.25) is 4.57 Å². The van der Waals surface area contributed by atoms with Gasteiger partial charge in [0, 0.05) is 12.2 Å². The molecule has 0 amide bonds. The van der Waals surface area contributed by atoms with Crippen molar-refractivity contribution < 1.29 is 17.5 Å². The Bertz CT molecular complexity index is 781. The molecule has 1 saturated heterocycles. The summed E-state index contributed by atoms with van der Waals surface area (Å²) in [6.45, 7) is 2.61. The number of hydrogen-bond donors (Lipinski definition) is 0. The van der Waals surface area contributed by atoms with E-state index < -0.39 is 9.84 Å². The zero-order valence-electron chi connectivity index (χ0n) is 12.8. The highest BCUT2D eigenvalue weighted by molar-refractivity contribution is 7.91. The summed E-state index contributed by atoms with van der Waals surface area (Å²) in [5.74, 6) is -0.00653. The van der Waals surface area contributed by atoms with Crippen molar-refractivity contribution in [3.05, 3.63) is 30.1 Å². The van der Waals surface area contributed by atoms with Gasteiger partial charge in [-0.25, -0.2) is 12.8 Å². The van der Waals surface area contributed by atoms with Crippen LogP contribution in [0.5, 0.6) is 0 Å². The number of sulfone groups is 1. The van der Waals surface area contributed by atoms with Crippen LogP contribution in [-0.2, 0) is 21.1 Å². The molecule has 23 heavy (non-hydrogen) atoms. The molecule has 0 bridgehead atoms. The molecule has 1 aromatic heterocycles. The van der Waals surface area contributed by atoms with E-state index in [0.717, 1.165) is 12.8 Å². The number of aromatic nitrogens is 3. The number of halogens is 1. The zero-order chi connectivity index (χ0) is 16.4.